The lowest BCUT2D eigenvalue weighted by atomic mass is 10.1. The minimum atomic E-state index is -0.470. The molecule has 1 heterocycles. The topological polar surface area (TPSA) is 52.3 Å². The van der Waals surface area contributed by atoms with E-state index in [4.69, 9.17) is 32.5 Å². The van der Waals surface area contributed by atoms with Crippen molar-refractivity contribution in [2.75, 3.05) is 6.61 Å². The fourth-order valence-corrected chi connectivity index (χ4v) is 1.95. The normalized spacial score (nSPS) is 10.5. The summed E-state index contributed by atoms with van der Waals surface area (Å²) in [6.45, 7) is 3.67. The first-order valence-corrected chi connectivity index (χ1v) is 6.39. The Kier molecular flexibility index (Phi) is 4.12. The summed E-state index contributed by atoms with van der Waals surface area (Å²) in [5, 5.41) is 4.70. The third-order valence-electron chi connectivity index (χ3n) is 2.54. The average molecular weight is 300 g/mol. The van der Waals surface area contributed by atoms with Gasteiger partial charge in [-0.25, -0.2) is 4.79 Å². The lowest BCUT2D eigenvalue weighted by Crippen LogP contribution is -2.06. The Balaban J connectivity index is 2.50. The summed E-state index contributed by atoms with van der Waals surface area (Å²) in [4.78, 5) is 11.9. The minimum Gasteiger partial charge on any atom is -0.462 e. The molecule has 100 valence electrons. The molecule has 0 atom stereocenters. The van der Waals surface area contributed by atoms with E-state index in [1.165, 1.54) is 0 Å². The summed E-state index contributed by atoms with van der Waals surface area (Å²) in [7, 11) is 0. The third-order valence-corrected chi connectivity index (χ3v) is 3.27. The number of aromatic nitrogens is 1. The van der Waals surface area contributed by atoms with Crippen molar-refractivity contribution in [1.29, 1.82) is 0 Å². The van der Waals surface area contributed by atoms with Gasteiger partial charge in [0, 0.05) is 5.56 Å². The van der Waals surface area contributed by atoms with E-state index in [0.29, 0.717) is 32.6 Å². The predicted molar refractivity (Wildman–Crippen MR) is 72.7 cm³/mol. The molecule has 0 amide bonds. The second-order valence-corrected chi connectivity index (χ2v) is 4.63. The molecule has 2 rings (SSSR count). The van der Waals surface area contributed by atoms with Crippen molar-refractivity contribution >= 4 is 29.2 Å². The maximum atomic E-state index is 11.9. The largest absolute Gasteiger partial charge is 0.462 e. The highest BCUT2D eigenvalue weighted by molar-refractivity contribution is 6.42. The Hall–Kier alpha value is -1.52. The van der Waals surface area contributed by atoms with Gasteiger partial charge >= 0.3 is 5.97 Å². The molecule has 6 heteroatoms. The van der Waals surface area contributed by atoms with Gasteiger partial charge in [0.05, 0.1) is 16.7 Å². The predicted octanol–water partition coefficient (Wildman–Crippen LogP) is 4.13. The van der Waals surface area contributed by atoms with Crippen molar-refractivity contribution in [3.05, 3.63) is 39.6 Å². The van der Waals surface area contributed by atoms with Crippen LogP contribution in [0.15, 0.2) is 22.7 Å². The standard InChI is InChI=1S/C13H11Cl2NO3/c1-3-18-13(17)11-7(2)19-16-12(11)8-4-5-9(14)10(15)6-8/h4-6H,3H2,1-2H3. The van der Waals surface area contributed by atoms with Gasteiger partial charge in [0.15, 0.2) is 0 Å². The van der Waals surface area contributed by atoms with Crippen LogP contribution in [0, 0.1) is 6.92 Å². The van der Waals surface area contributed by atoms with Crippen LogP contribution >= 0.6 is 23.2 Å². The maximum Gasteiger partial charge on any atom is 0.344 e. The van der Waals surface area contributed by atoms with E-state index in [-0.39, 0.29) is 6.61 Å². The number of hydrogen-bond donors (Lipinski definition) is 0. The highest BCUT2D eigenvalue weighted by atomic mass is 35.5. The lowest BCUT2D eigenvalue weighted by Gasteiger charge is -2.03. The molecule has 0 fully saturated rings. The summed E-state index contributed by atoms with van der Waals surface area (Å²) < 4.78 is 10.0. The zero-order chi connectivity index (χ0) is 14.0. The van der Waals surface area contributed by atoms with Crippen LogP contribution in [0.2, 0.25) is 10.0 Å². The molecule has 0 aliphatic carbocycles. The summed E-state index contributed by atoms with van der Waals surface area (Å²) in [5.41, 5.74) is 1.35. The van der Waals surface area contributed by atoms with E-state index in [9.17, 15) is 4.79 Å². The number of nitrogens with zero attached hydrogens (tertiary/aromatic N) is 1. The van der Waals surface area contributed by atoms with Crippen molar-refractivity contribution in [2.24, 2.45) is 0 Å². The molecule has 1 aromatic heterocycles. The van der Waals surface area contributed by atoms with E-state index >= 15 is 0 Å². The molecule has 0 unspecified atom stereocenters. The molecular weight excluding hydrogens is 289 g/mol. The van der Waals surface area contributed by atoms with Gasteiger partial charge in [-0.1, -0.05) is 34.4 Å². The number of benzene rings is 1. The van der Waals surface area contributed by atoms with Crippen LogP contribution in [0.1, 0.15) is 23.0 Å². The van der Waals surface area contributed by atoms with E-state index in [1.807, 2.05) is 0 Å². The molecule has 19 heavy (non-hydrogen) atoms. The van der Waals surface area contributed by atoms with Crippen molar-refractivity contribution in [3.8, 4) is 11.3 Å². The molecule has 0 N–H and O–H groups in total. The van der Waals surface area contributed by atoms with Crippen LogP contribution in [0.25, 0.3) is 11.3 Å². The van der Waals surface area contributed by atoms with Crippen molar-refractivity contribution in [1.82, 2.24) is 5.16 Å². The Morgan fingerprint density at radius 3 is 2.74 bits per heavy atom. The molecule has 0 aliphatic rings. The number of hydrogen-bond acceptors (Lipinski definition) is 4. The Morgan fingerprint density at radius 2 is 2.11 bits per heavy atom. The zero-order valence-electron chi connectivity index (χ0n) is 10.4. The molecule has 0 radical (unpaired) electrons. The van der Waals surface area contributed by atoms with Crippen molar-refractivity contribution in [3.63, 3.8) is 0 Å². The van der Waals surface area contributed by atoms with Gasteiger partial charge in [-0.15, -0.1) is 0 Å². The minimum absolute atomic E-state index is 0.282. The van der Waals surface area contributed by atoms with Gasteiger partial charge in [0.25, 0.3) is 0 Å². The monoisotopic (exact) mass is 299 g/mol. The summed E-state index contributed by atoms with van der Waals surface area (Å²) in [6, 6.07) is 4.98. The fourth-order valence-electron chi connectivity index (χ4n) is 1.66. The molecule has 0 bridgehead atoms. The number of aryl methyl sites for hydroxylation is 1. The van der Waals surface area contributed by atoms with Crippen LogP contribution in [0.5, 0.6) is 0 Å². The van der Waals surface area contributed by atoms with Gasteiger partial charge in [-0.2, -0.15) is 0 Å². The maximum absolute atomic E-state index is 11.9. The van der Waals surface area contributed by atoms with E-state index in [0.717, 1.165) is 0 Å². The molecule has 0 spiro atoms. The van der Waals surface area contributed by atoms with E-state index < -0.39 is 5.97 Å². The quantitative estimate of drug-likeness (QED) is 0.800. The number of carbonyl (C=O) groups excluding carboxylic acids is 1. The van der Waals surface area contributed by atoms with Crippen molar-refractivity contribution in [2.45, 2.75) is 13.8 Å². The third kappa shape index (κ3) is 2.74. The molecule has 0 saturated heterocycles. The summed E-state index contributed by atoms with van der Waals surface area (Å²) >= 11 is 11.8. The number of carbonyl (C=O) groups is 1. The molecule has 0 saturated carbocycles. The number of halogens is 2. The van der Waals surface area contributed by atoms with Gasteiger partial charge < -0.3 is 9.26 Å². The second kappa shape index (κ2) is 5.63. The molecule has 0 aliphatic heterocycles. The zero-order valence-corrected chi connectivity index (χ0v) is 11.9. The van der Waals surface area contributed by atoms with Gasteiger partial charge in [-0.05, 0) is 26.0 Å². The first-order chi connectivity index (χ1) is 9.04. The molecular formula is C13H11Cl2NO3. The first kappa shape index (κ1) is 13.9. The number of esters is 1. The Labute approximate surface area is 120 Å². The number of ether oxygens (including phenoxy) is 1. The smallest absolute Gasteiger partial charge is 0.344 e. The van der Waals surface area contributed by atoms with Gasteiger partial charge in [0.1, 0.15) is 17.0 Å². The van der Waals surface area contributed by atoms with E-state index in [1.54, 1.807) is 32.0 Å². The fraction of sp³-hybridized carbons (Fsp3) is 0.231. The van der Waals surface area contributed by atoms with Crippen LogP contribution < -0.4 is 0 Å². The summed E-state index contributed by atoms with van der Waals surface area (Å²) in [6.07, 6.45) is 0. The van der Waals surface area contributed by atoms with Gasteiger partial charge in [0.2, 0.25) is 0 Å². The van der Waals surface area contributed by atoms with Crippen molar-refractivity contribution < 1.29 is 14.1 Å². The SMILES string of the molecule is CCOC(=O)c1c(-c2ccc(Cl)c(Cl)c2)noc1C. The molecule has 1 aromatic carbocycles. The highest BCUT2D eigenvalue weighted by Crippen LogP contribution is 2.31. The van der Waals surface area contributed by atoms with Crippen LogP contribution in [0.4, 0.5) is 0 Å². The Bertz CT molecular complexity index is 622. The second-order valence-electron chi connectivity index (χ2n) is 3.81. The highest BCUT2D eigenvalue weighted by Gasteiger charge is 2.23. The van der Waals surface area contributed by atoms with E-state index in [2.05, 4.69) is 5.16 Å². The molecule has 4 nitrogen and oxygen atoms in total. The lowest BCUT2D eigenvalue weighted by molar-refractivity contribution is 0.0525. The van der Waals surface area contributed by atoms with Crippen LogP contribution in [-0.2, 0) is 4.74 Å². The number of rotatable bonds is 3. The van der Waals surface area contributed by atoms with Crippen LogP contribution in [0.3, 0.4) is 0 Å². The first-order valence-electron chi connectivity index (χ1n) is 5.63. The van der Waals surface area contributed by atoms with Gasteiger partial charge in [-0.3, -0.25) is 0 Å². The summed E-state index contributed by atoms with van der Waals surface area (Å²) in [5.74, 6) is -0.0677. The molecule has 2 aromatic rings. The average Bonchev–Trinajstić information content (AvgIpc) is 2.75. The Morgan fingerprint density at radius 1 is 1.37 bits per heavy atom. The van der Waals surface area contributed by atoms with Crippen LogP contribution in [-0.4, -0.2) is 17.7 Å².